The Morgan fingerprint density at radius 2 is 2.44 bits per heavy atom. The summed E-state index contributed by atoms with van der Waals surface area (Å²) in [7, 11) is 0. The molecule has 1 aromatic heterocycles. The number of thiophene rings is 1. The first-order valence-corrected chi connectivity index (χ1v) is 7.51. The minimum Gasteiger partial charge on any atom is -0.396 e. The summed E-state index contributed by atoms with van der Waals surface area (Å²) >= 11 is 1.53. The Balaban J connectivity index is 1.84. The molecule has 0 spiro atoms. The SMILES string of the molecule is Cc1csc(C(=O)N2CC[C@@]3(CO)CCC[C@@H]23)c1. The van der Waals surface area contributed by atoms with E-state index in [0.717, 1.165) is 42.7 Å². The van der Waals surface area contributed by atoms with Crippen molar-refractivity contribution >= 4 is 17.2 Å². The standard InChI is InChI=1S/C14H19NO2S/c1-10-7-11(18-8-10)13(17)15-6-5-14(9-16)4-2-3-12(14)15/h7-8,12,16H,2-6,9H2,1H3/t12-,14-/m1/s1. The van der Waals surface area contributed by atoms with E-state index in [1.165, 1.54) is 11.3 Å². The normalized spacial score (nSPS) is 30.8. The second kappa shape index (κ2) is 4.35. The zero-order chi connectivity index (χ0) is 12.8. The number of hydrogen-bond acceptors (Lipinski definition) is 3. The van der Waals surface area contributed by atoms with E-state index in [1.807, 2.05) is 23.3 Å². The summed E-state index contributed by atoms with van der Waals surface area (Å²) in [5.74, 6) is 0.162. The number of aliphatic hydroxyl groups excluding tert-OH is 1. The molecular weight excluding hydrogens is 246 g/mol. The van der Waals surface area contributed by atoms with Gasteiger partial charge in [0, 0.05) is 18.0 Å². The lowest BCUT2D eigenvalue weighted by atomic mass is 9.83. The number of carbonyl (C=O) groups is 1. The van der Waals surface area contributed by atoms with Crippen molar-refractivity contribution in [3.05, 3.63) is 21.9 Å². The van der Waals surface area contributed by atoms with Crippen LogP contribution in [-0.2, 0) is 0 Å². The molecule has 1 saturated carbocycles. The van der Waals surface area contributed by atoms with Gasteiger partial charge in [-0.05, 0) is 43.2 Å². The van der Waals surface area contributed by atoms with Crippen molar-refractivity contribution in [2.75, 3.05) is 13.2 Å². The molecule has 3 nitrogen and oxygen atoms in total. The zero-order valence-corrected chi connectivity index (χ0v) is 11.5. The molecule has 2 atom stereocenters. The smallest absolute Gasteiger partial charge is 0.264 e. The fourth-order valence-corrected chi connectivity index (χ4v) is 4.44. The molecule has 1 aliphatic heterocycles. The van der Waals surface area contributed by atoms with E-state index in [1.54, 1.807) is 0 Å². The van der Waals surface area contributed by atoms with Gasteiger partial charge < -0.3 is 10.0 Å². The van der Waals surface area contributed by atoms with Crippen LogP contribution < -0.4 is 0 Å². The van der Waals surface area contributed by atoms with Crippen molar-refractivity contribution < 1.29 is 9.90 Å². The van der Waals surface area contributed by atoms with E-state index in [-0.39, 0.29) is 24.0 Å². The quantitative estimate of drug-likeness (QED) is 0.892. The van der Waals surface area contributed by atoms with E-state index in [0.29, 0.717) is 0 Å². The molecular formula is C14H19NO2S. The Morgan fingerprint density at radius 1 is 1.61 bits per heavy atom. The van der Waals surface area contributed by atoms with Crippen LogP contribution in [0.4, 0.5) is 0 Å². The Kier molecular flexibility index (Phi) is 2.94. The molecule has 1 aliphatic carbocycles. The monoisotopic (exact) mass is 265 g/mol. The summed E-state index contributed by atoms with van der Waals surface area (Å²) in [6.45, 7) is 3.05. The molecule has 0 radical (unpaired) electrons. The summed E-state index contributed by atoms with van der Waals surface area (Å²) in [6, 6.07) is 2.23. The van der Waals surface area contributed by atoms with Crippen molar-refractivity contribution in [1.29, 1.82) is 0 Å². The maximum atomic E-state index is 12.5. The van der Waals surface area contributed by atoms with Crippen molar-refractivity contribution in [2.45, 2.75) is 38.6 Å². The van der Waals surface area contributed by atoms with E-state index >= 15 is 0 Å². The molecule has 0 aromatic carbocycles. The van der Waals surface area contributed by atoms with Gasteiger partial charge in [-0.1, -0.05) is 6.42 Å². The van der Waals surface area contributed by atoms with Crippen LogP contribution in [0.1, 0.15) is 40.9 Å². The van der Waals surface area contributed by atoms with Gasteiger partial charge in [-0.3, -0.25) is 4.79 Å². The Morgan fingerprint density at radius 3 is 3.11 bits per heavy atom. The average molecular weight is 265 g/mol. The van der Waals surface area contributed by atoms with Crippen LogP contribution in [0.2, 0.25) is 0 Å². The third kappa shape index (κ3) is 1.70. The van der Waals surface area contributed by atoms with Crippen LogP contribution in [-0.4, -0.2) is 35.1 Å². The first-order chi connectivity index (χ1) is 8.66. The summed E-state index contributed by atoms with van der Waals surface area (Å²) in [5, 5.41) is 11.7. The first kappa shape index (κ1) is 12.2. The van der Waals surface area contributed by atoms with Crippen molar-refractivity contribution in [2.24, 2.45) is 5.41 Å². The van der Waals surface area contributed by atoms with E-state index < -0.39 is 0 Å². The zero-order valence-electron chi connectivity index (χ0n) is 10.7. The number of likely N-dealkylation sites (tertiary alicyclic amines) is 1. The molecule has 2 fully saturated rings. The maximum absolute atomic E-state index is 12.5. The van der Waals surface area contributed by atoms with Crippen LogP contribution in [0.25, 0.3) is 0 Å². The third-order valence-electron chi connectivity index (χ3n) is 4.60. The molecule has 0 unspecified atom stereocenters. The number of aryl methyl sites for hydroxylation is 1. The number of fused-ring (bicyclic) bond motifs is 1. The highest BCUT2D eigenvalue weighted by atomic mass is 32.1. The number of hydrogen-bond donors (Lipinski definition) is 1. The first-order valence-electron chi connectivity index (χ1n) is 6.63. The van der Waals surface area contributed by atoms with Crippen LogP contribution in [0.5, 0.6) is 0 Å². The van der Waals surface area contributed by atoms with Crippen molar-refractivity contribution in [3.63, 3.8) is 0 Å². The largest absolute Gasteiger partial charge is 0.396 e. The molecule has 1 amide bonds. The van der Waals surface area contributed by atoms with Crippen LogP contribution >= 0.6 is 11.3 Å². The molecule has 1 aromatic rings. The summed E-state index contributed by atoms with van der Waals surface area (Å²) in [6.07, 6.45) is 4.22. The number of amides is 1. The van der Waals surface area contributed by atoms with Gasteiger partial charge in [-0.25, -0.2) is 0 Å². The lowest BCUT2D eigenvalue weighted by molar-refractivity contribution is 0.0629. The second-order valence-corrected chi connectivity index (χ2v) is 6.58. The summed E-state index contributed by atoms with van der Waals surface area (Å²) in [5.41, 5.74) is 1.16. The van der Waals surface area contributed by atoms with Crippen molar-refractivity contribution in [3.8, 4) is 0 Å². The van der Waals surface area contributed by atoms with E-state index in [4.69, 9.17) is 0 Å². The predicted octanol–water partition coefficient (Wildman–Crippen LogP) is 2.43. The number of aliphatic hydroxyl groups is 1. The maximum Gasteiger partial charge on any atom is 0.264 e. The van der Waals surface area contributed by atoms with Gasteiger partial charge in [0.25, 0.3) is 5.91 Å². The molecule has 3 rings (SSSR count). The van der Waals surface area contributed by atoms with Gasteiger partial charge >= 0.3 is 0 Å². The molecule has 1 N–H and O–H groups in total. The lowest BCUT2D eigenvalue weighted by Crippen LogP contribution is -2.40. The molecule has 2 aliphatic rings. The Labute approximate surface area is 111 Å². The van der Waals surface area contributed by atoms with Crippen LogP contribution in [0, 0.1) is 12.3 Å². The molecule has 4 heteroatoms. The average Bonchev–Trinajstić information content (AvgIpc) is 3.01. The molecule has 1 saturated heterocycles. The van der Waals surface area contributed by atoms with Crippen molar-refractivity contribution in [1.82, 2.24) is 4.90 Å². The Bertz CT molecular complexity index is 470. The minimum atomic E-state index is 0.00195. The van der Waals surface area contributed by atoms with Crippen LogP contribution in [0.15, 0.2) is 11.4 Å². The lowest BCUT2D eigenvalue weighted by Gasteiger charge is -2.30. The number of carbonyl (C=O) groups excluding carboxylic acids is 1. The van der Waals surface area contributed by atoms with Gasteiger partial charge in [0.15, 0.2) is 0 Å². The van der Waals surface area contributed by atoms with E-state index in [2.05, 4.69) is 0 Å². The Hall–Kier alpha value is -0.870. The fraction of sp³-hybridized carbons (Fsp3) is 0.643. The van der Waals surface area contributed by atoms with E-state index in [9.17, 15) is 9.90 Å². The van der Waals surface area contributed by atoms with Gasteiger partial charge in [0.05, 0.1) is 11.5 Å². The fourth-order valence-electron chi connectivity index (χ4n) is 3.59. The number of rotatable bonds is 2. The van der Waals surface area contributed by atoms with Gasteiger partial charge in [-0.2, -0.15) is 0 Å². The number of nitrogens with zero attached hydrogens (tertiary/aromatic N) is 1. The topological polar surface area (TPSA) is 40.5 Å². The molecule has 98 valence electrons. The minimum absolute atomic E-state index is 0.00195. The summed E-state index contributed by atoms with van der Waals surface area (Å²) in [4.78, 5) is 15.4. The third-order valence-corrected chi connectivity index (χ3v) is 5.64. The van der Waals surface area contributed by atoms with Gasteiger partial charge in [0.1, 0.15) is 0 Å². The highest BCUT2D eigenvalue weighted by Crippen LogP contribution is 2.48. The van der Waals surface area contributed by atoms with Crippen LogP contribution in [0.3, 0.4) is 0 Å². The molecule has 0 bridgehead atoms. The predicted molar refractivity (Wildman–Crippen MR) is 71.9 cm³/mol. The van der Waals surface area contributed by atoms with Gasteiger partial charge in [0.2, 0.25) is 0 Å². The van der Waals surface area contributed by atoms with Gasteiger partial charge in [-0.15, -0.1) is 11.3 Å². The highest BCUT2D eigenvalue weighted by molar-refractivity contribution is 7.12. The molecule has 18 heavy (non-hydrogen) atoms. The molecule has 2 heterocycles. The second-order valence-electron chi connectivity index (χ2n) is 5.67. The summed E-state index contributed by atoms with van der Waals surface area (Å²) < 4.78 is 0. The highest BCUT2D eigenvalue weighted by Gasteiger charge is 2.51.